The molecule has 2 aromatic heterocycles. The normalized spacial score (nSPS) is 15.0. The van der Waals surface area contributed by atoms with E-state index < -0.39 is 11.4 Å². The summed E-state index contributed by atoms with van der Waals surface area (Å²) in [7, 11) is 0. The van der Waals surface area contributed by atoms with Gasteiger partial charge in [0.2, 0.25) is 11.9 Å². The Morgan fingerprint density at radius 2 is 1.96 bits per heavy atom. The second kappa shape index (κ2) is 5.97. The predicted octanol–water partition coefficient (Wildman–Crippen LogP) is 3.73. The molecule has 5 nitrogen and oxygen atoms in total. The van der Waals surface area contributed by atoms with E-state index in [2.05, 4.69) is 15.4 Å². The van der Waals surface area contributed by atoms with E-state index in [1.807, 2.05) is 12.1 Å². The zero-order valence-corrected chi connectivity index (χ0v) is 13.9. The van der Waals surface area contributed by atoms with Crippen molar-refractivity contribution in [3.8, 4) is 5.69 Å². The SMILES string of the molecule is O=C(Nc1ccn(-c2ccnc(F)c2)n1)C1(c2ccc(Cl)cc2)CC1. The zero-order chi connectivity index (χ0) is 17.4. The summed E-state index contributed by atoms with van der Waals surface area (Å²) in [5.41, 5.74) is 0.966. The molecule has 0 unspecified atom stereocenters. The van der Waals surface area contributed by atoms with Crippen LogP contribution < -0.4 is 5.32 Å². The molecule has 1 amide bonds. The molecular formula is C18H14ClFN4O. The lowest BCUT2D eigenvalue weighted by Gasteiger charge is -2.14. The Balaban J connectivity index is 1.53. The van der Waals surface area contributed by atoms with Crippen LogP contribution in [0.5, 0.6) is 0 Å². The minimum absolute atomic E-state index is 0.0963. The van der Waals surface area contributed by atoms with Gasteiger partial charge in [-0.05, 0) is 36.6 Å². The Morgan fingerprint density at radius 3 is 2.64 bits per heavy atom. The molecule has 1 N–H and O–H groups in total. The Bertz CT molecular complexity index is 934. The van der Waals surface area contributed by atoms with Crippen molar-refractivity contribution in [2.24, 2.45) is 0 Å². The number of halogens is 2. The van der Waals surface area contributed by atoms with Crippen molar-refractivity contribution in [1.29, 1.82) is 0 Å². The number of amides is 1. The summed E-state index contributed by atoms with van der Waals surface area (Å²) >= 11 is 5.92. The van der Waals surface area contributed by atoms with Gasteiger partial charge in [0.15, 0.2) is 5.82 Å². The summed E-state index contributed by atoms with van der Waals surface area (Å²) in [5.74, 6) is -0.262. The quantitative estimate of drug-likeness (QED) is 0.724. The van der Waals surface area contributed by atoms with E-state index in [1.165, 1.54) is 16.9 Å². The third-order valence-electron chi connectivity index (χ3n) is 4.39. The Kier molecular flexibility index (Phi) is 3.77. The molecule has 7 heteroatoms. The maximum atomic E-state index is 13.2. The van der Waals surface area contributed by atoms with Crippen molar-refractivity contribution in [3.63, 3.8) is 0 Å². The maximum Gasteiger partial charge on any atom is 0.236 e. The van der Waals surface area contributed by atoms with Gasteiger partial charge in [-0.15, -0.1) is 0 Å². The van der Waals surface area contributed by atoms with Gasteiger partial charge in [-0.3, -0.25) is 4.79 Å². The summed E-state index contributed by atoms with van der Waals surface area (Å²) < 4.78 is 14.7. The summed E-state index contributed by atoms with van der Waals surface area (Å²) in [5, 5.41) is 7.77. The lowest BCUT2D eigenvalue weighted by molar-refractivity contribution is -0.118. The molecule has 25 heavy (non-hydrogen) atoms. The van der Waals surface area contributed by atoms with Crippen LogP contribution >= 0.6 is 11.6 Å². The van der Waals surface area contributed by atoms with E-state index in [9.17, 15) is 9.18 Å². The Labute approximate surface area is 148 Å². The molecule has 3 aromatic rings. The van der Waals surface area contributed by atoms with Gasteiger partial charge in [-0.25, -0.2) is 9.67 Å². The van der Waals surface area contributed by atoms with Crippen molar-refractivity contribution in [2.75, 3.05) is 5.32 Å². The number of nitrogens with one attached hydrogen (secondary N) is 1. The van der Waals surface area contributed by atoms with Crippen LogP contribution in [0.15, 0.2) is 54.9 Å². The fourth-order valence-electron chi connectivity index (χ4n) is 2.85. The Morgan fingerprint density at radius 1 is 1.20 bits per heavy atom. The van der Waals surface area contributed by atoms with Crippen LogP contribution in [-0.4, -0.2) is 20.7 Å². The van der Waals surface area contributed by atoms with Crippen LogP contribution in [0, 0.1) is 5.95 Å². The van der Waals surface area contributed by atoms with Crippen molar-refractivity contribution < 1.29 is 9.18 Å². The fraction of sp³-hybridized carbons (Fsp3) is 0.167. The van der Waals surface area contributed by atoms with Crippen molar-refractivity contribution in [2.45, 2.75) is 18.3 Å². The van der Waals surface area contributed by atoms with E-state index in [-0.39, 0.29) is 5.91 Å². The van der Waals surface area contributed by atoms with E-state index in [4.69, 9.17) is 11.6 Å². The van der Waals surface area contributed by atoms with Crippen molar-refractivity contribution in [3.05, 3.63) is 71.4 Å². The number of hydrogen-bond donors (Lipinski definition) is 1. The maximum absolute atomic E-state index is 13.2. The molecule has 0 saturated heterocycles. The number of aromatic nitrogens is 3. The number of anilines is 1. The number of rotatable bonds is 4. The molecule has 0 atom stereocenters. The molecule has 1 saturated carbocycles. The van der Waals surface area contributed by atoms with E-state index in [1.54, 1.807) is 30.5 Å². The number of carbonyl (C=O) groups excluding carboxylic acids is 1. The van der Waals surface area contributed by atoms with Crippen molar-refractivity contribution >= 4 is 23.3 Å². The highest BCUT2D eigenvalue weighted by Crippen LogP contribution is 2.49. The average molecular weight is 357 g/mol. The van der Waals surface area contributed by atoms with Crippen LogP contribution in [0.25, 0.3) is 5.69 Å². The van der Waals surface area contributed by atoms with Crippen molar-refractivity contribution in [1.82, 2.24) is 14.8 Å². The van der Waals surface area contributed by atoms with Gasteiger partial charge >= 0.3 is 0 Å². The minimum atomic E-state index is -0.585. The van der Waals surface area contributed by atoms with Crippen LogP contribution in [0.4, 0.5) is 10.2 Å². The first kappa shape index (κ1) is 15.8. The molecule has 0 aliphatic heterocycles. The molecule has 0 radical (unpaired) electrons. The third-order valence-corrected chi connectivity index (χ3v) is 4.64. The van der Waals surface area contributed by atoms with E-state index in [0.29, 0.717) is 16.5 Å². The molecule has 4 rings (SSSR count). The fourth-order valence-corrected chi connectivity index (χ4v) is 2.97. The van der Waals surface area contributed by atoms with Gasteiger partial charge in [-0.2, -0.15) is 9.49 Å². The number of nitrogens with zero attached hydrogens (tertiary/aromatic N) is 3. The van der Waals surface area contributed by atoms with E-state index in [0.717, 1.165) is 18.4 Å². The number of pyridine rings is 1. The summed E-state index contributed by atoms with van der Waals surface area (Å²) in [6.07, 6.45) is 4.60. The smallest absolute Gasteiger partial charge is 0.236 e. The minimum Gasteiger partial charge on any atom is -0.308 e. The van der Waals surface area contributed by atoms with Gasteiger partial charge in [0, 0.05) is 29.5 Å². The first-order valence-electron chi connectivity index (χ1n) is 7.82. The molecule has 2 heterocycles. The highest BCUT2D eigenvalue weighted by molar-refractivity contribution is 6.30. The highest BCUT2D eigenvalue weighted by Gasteiger charge is 2.51. The van der Waals surface area contributed by atoms with Gasteiger partial charge in [-0.1, -0.05) is 23.7 Å². The molecule has 1 fully saturated rings. The second-order valence-electron chi connectivity index (χ2n) is 6.03. The van der Waals surface area contributed by atoms with Crippen LogP contribution in [0.2, 0.25) is 5.02 Å². The Hall–Kier alpha value is -2.73. The van der Waals surface area contributed by atoms with Gasteiger partial charge in [0.05, 0.1) is 11.1 Å². The second-order valence-corrected chi connectivity index (χ2v) is 6.46. The molecule has 1 aliphatic rings. The monoisotopic (exact) mass is 356 g/mol. The molecule has 1 aliphatic carbocycles. The average Bonchev–Trinajstić information content (AvgIpc) is 3.29. The van der Waals surface area contributed by atoms with Crippen LogP contribution in [0.3, 0.4) is 0 Å². The van der Waals surface area contributed by atoms with Crippen LogP contribution in [-0.2, 0) is 10.2 Å². The lowest BCUT2D eigenvalue weighted by atomic mass is 9.95. The van der Waals surface area contributed by atoms with Gasteiger partial charge in [0.1, 0.15) is 0 Å². The number of carbonyl (C=O) groups is 1. The third kappa shape index (κ3) is 3.00. The standard InChI is InChI=1S/C18H14ClFN4O/c19-13-3-1-12(2-4-13)18(7-8-18)17(25)22-16-6-10-24(23-16)14-5-9-21-15(20)11-14/h1-6,9-11H,7-8H2,(H,22,23,25). The predicted molar refractivity (Wildman–Crippen MR) is 92.3 cm³/mol. The zero-order valence-electron chi connectivity index (χ0n) is 13.1. The highest BCUT2D eigenvalue weighted by atomic mass is 35.5. The first-order chi connectivity index (χ1) is 12.1. The van der Waals surface area contributed by atoms with Gasteiger partial charge in [0.25, 0.3) is 0 Å². The summed E-state index contributed by atoms with van der Waals surface area (Å²) in [4.78, 5) is 16.2. The van der Waals surface area contributed by atoms with Crippen LogP contribution in [0.1, 0.15) is 18.4 Å². The van der Waals surface area contributed by atoms with Gasteiger partial charge < -0.3 is 5.32 Å². The topological polar surface area (TPSA) is 59.8 Å². The van der Waals surface area contributed by atoms with E-state index >= 15 is 0 Å². The molecule has 1 aromatic carbocycles. The molecule has 0 bridgehead atoms. The molecule has 126 valence electrons. The molecule has 0 spiro atoms. The largest absolute Gasteiger partial charge is 0.308 e. The molecular weight excluding hydrogens is 343 g/mol. The summed E-state index contributed by atoms with van der Waals surface area (Å²) in [6.45, 7) is 0. The summed E-state index contributed by atoms with van der Waals surface area (Å²) in [6, 6.07) is 11.9. The number of benzene rings is 1. The number of hydrogen-bond acceptors (Lipinski definition) is 3. The lowest BCUT2D eigenvalue weighted by Crippen LogP contribution is -2.28. The first-order valence-corrected chi connectivity index (χ1v) is 8.20.